The third-order valence-electron chi connectivity index (χ3n) is 3.24. The van der Waals surface area contributed by atoms with Gasteiger partial charge in [-0.1, -0.05) is 6.07 Å². The molecule has 1 heterocycles. The lowest BCUT2D eigenvalue weighted by molar-refractivity contribution is -0.384. The highest BCUT2D eigenvalue weighted by molar-refractivity contribution is 7.09. The number of aromatic nitrogens is 1. The Morgan fingerprint density at radius 3 is 2.96 bits per heavy atom. The molecule has 0 radical (unpaired) electrons. The maximum Gasteiger partial charge on any atom is 0.271 e. The van der Waals surface area contributed by atoms with E-state index in [0.29, 0.717) is 17.9 Å². The SMILES string of the molecule is Cc1ccc([N+](=O)[O-])cc1NC(=O)Cc1csc(CCCN)n1. The van der Waals surface area contributed by atoms with Crippen molar-refractivity contribution in [3.8, 4) is 0 Å². The lowest BCUT2D eigenvalue weighted by Gasteiger charge is -2.07. The van der Waals surface area contributed by atoms with Gasteiger partial charge in [-0.25, -0.2) is 4.98 Å². The summed E-state index contributed by atoms with van der Waals surface area (Å²) in [4.78, 5) is 26.8. The lowest BCUT2D eigenvalue weighted by atomic mass is 10.1. The van der Waals surface area contributed by atoms with Crippen molar-refractivity contribution < 1.29 is 9.72 Å². The van der Waals surface area contributed by atoms with E-state index in [4.69, 9.17) is 5.73 Å². The zero-order valence-corrected chi connectivity index (χ0v) is 13.6. The van der Waals surface area contributed by atoms with Crippen molar-refractivity contribution in [1.29, 1.82) is 0 Å². The highest BCUT2D eigenvalue weighted by Crippen LogP contribution is 2.22. The van der Waals surface area contributed by atoms with Crippen molar-refractivity contribution in [2.45, 2.75) is 26.2 Å². The summed E-state index contributed by atoms with van der Waals surface area (Å²) in [6.07, 6.45) is 1.82. The number of anilines is 1. The van der Waals surface area contributed by atoms with E-state index in [1.807, 2.05) is 5.38 Å². The van der Waals surface area contributed by atoms with Gasteiger partial charge in [0.25, 0.3) is 5.69 Å². The Morgan fingerprint density at radius 2 is 2.26 bits per heavy atom. The normalized spacial score (nSPS) is 10.5. The molecule has 0 atom stereocenters. The molecule has 1 aromatic carbocycles. The van der Waals surface area contributed by atoms with E-state index in [9.17, 15) is 14.9 Å². The van der Waals surface area contributed by atoms with E-state index in [1.54, 1.807) is 13.0 Å². The van der Waals surface area contributed by atoms with Crippen LogP contribution in [-0.2, 0) is 17.6 Å². The molecule has 0 aliphatic rings. The van der Waals surface area contributed by atoms with Gasteiger partial charge in [-0.3, -0.25) is 14.9 Å². The second-order valence-electron chi connectivity index (χ2n) is 5.11. The fourth-order valence-electron chi connectivity index (χ4n) is 2.02. The predicted octanol–water partition coefficient (Wildman–Crippen LogP) is 2.43. The molecule has 1 amide bonds. The number of benzene rings is 1. The maximum absolute atomic E-state index is 12.1. The fraction of sp³-hybridized carbons (Fsp3) is 0.333. The molecule has 1 aromatic heterocycles. The number of non-ortho nitro benzene ring substituents is 1. The van der Waals surface area contributed by atoms with Crippen molar-refractivity contribution in [3.05, 3.63) is 50.0 Å². The Hall–Kier alpha value is -2.32. The molecule has 0 aliphatic heterocycles. The molecular weight excluding hydrogens is 316 g/mol. The molecule has 0 aliphatic carbocycles. The van der Waals surface area contributed by atoms with Crippen LogP contribution in [0.25, 0.3) is 0 Å². The van der Waals surface area contributed by atoms with Crippen LogP contribution in [0.3, 0.4) is 0 Å². The number of carbonyl (C=O) groups is 1. The van der Waals surface area contributed by atoms with E-state index in [0.717, 1.165) is 23.4 Å². The van der Waals surface area contributed by atoms with E-state index < -0.39 is 4.92 Å². The third kappa shape index (κ3) is 4.83. The van der Waals surface area contributed by atoms with Gasteiger partial charge in [0.1, 0.15) is 0 Å². The topological polar surface area (TPSA) is 111 Å². The second-order valence-corrected chi connectivity index (χ2v) is 6.05. The molecule has 7 nitrogen and oxygen atoms in total. The number of nitro groups is 1. The van der Waals surface area contributed by atoms with Gasteiger partial charge in [-0.2, -0.15) is 0 Å². The molecule has 0 saturated carbocycles. The van der Waals surface area contributed by atoms with Crippen LogP contribution in [-0.4, -0.2) is 22.4 Å². The van der Waals surface area contributed by atoms with Crippen LogP contribution in [0.4, 0.5) is 11.4 Å². The fourth-order valence-corrected chi connectivity index (χ4v) is 2.86. The summed E-state index contributed by atoms with van der Waals surface area (Å²) >= 11 is 1.51. The molecule has 0 fully saturated rings. The standard InChI is InChI=1S/C15H18N4O3S/c1-10-4-5-12(19(21)22)8-13(10)18-14(20)7-11-9-23-15(17-11)3-2-6-16/h4-5,8-9H,2-3,6-7,16H2,1H3,(H,18,20). The molecular formula is C15H18N4O3S. The van der Waals surface area contributed by atoms with Crippen LogP contribution >= 0.6 is 11.3 Å². The molecule has 0 spiro atoms. The first-order chi connectivity index (χ1) is 11.0. The summed E-state index contributed by atoms with van der Waals surface area (Å²) in [5.74, 6) is -0.246. The summed E-state index contributed by atoms with van der Waals surface area (Å²) in [5, 5.41) is 16.3. The molecule has 23 heavy (non-hydrogen) atoms. The van der Waals surface area contributed by atoms with Gasteiger partial charge in [0.05, 0.1) is 27.7 Å². The minimum Gasteiger partial charge on any atom is -0.330 e. The highest BCUT2D eigenvalue weighted by Gasteiger charge is 2.12. The average Bonchev–Trinajstić information content (AvgIpc) is 2.94. The molecule has 2 aromatic rings. The number of nitrogens with one attached hydrogen (secondary N) is 1. The van der Waals surface area contributed by atoms with Crippen molar-refractivity contribution in [2.75, 3.05) is 11.9 Å². The first kappa shape index (κ1) is 17.0. The monoisotopic (exact) mass is 334 g/mol. The number of amides is 1. The van der Waals surface area contributed by atoms with Crippen LogP contribution in [0.15, 0.2) is 23.6 Å². The molecule has 3 N–H and O–H groups in total. The molecule has 8 heteroatoms. The van der Waals surface area contributed by atoms with Crippen LogP contribution < -0.4 is 11.1 Å². The number of nitro benzene ring substituents is 1. The highest BCUT2D eigenvalue weighted by atomic mass is 32.1. The zero-order chi connectivity index (χ0) is 16.8. The molecule has 0 unspecified atom stereocenters. The van der Waals surface area contributed by atoms with E-state index in [2.05, 4.69) is 10.3 Å². The minimum absolute atomic E-state index is 0.0522. The van der Waals surface area contributed by atoms with E-state index in [1.165, 1.54) is 23.5 Å². The van der Waals surface area contributed by atoms with Gasteiger partial charge >= 0.3 is 0 Å². The van der Waals surface area contributed by atoms with Crippen molar-refractivity contribution >= 4 is 28.6 Å². The Kier molecular flexibility index (Phi) is 5.78. The Morgan fingerprint density at radius 1 is 1.48 bits per heavy atom. The van der Waals surface area contributed by atoms with Crippen molar-refractivity contribution in [2.24, 2.45) is 5.73 Å². The summed E-state index contributed by atoms with van der Waals surface area (Å²) in [6, 6.07) is 4.39. The molecule has 2 rings (SSSR count). The Balaban J connectivity index is 2.00. The van der Waals surface area contributed by atoms with Gasteiger partial charge in [0.2, 0.25) is 5.91 Å². The molecule has 0 saturated heterocycles. The van der Waals surface area contributed by atoms with Gasteiger partial charge in [0, 0.05) is 23.9 Å². The number of carbonyl (C=O) groups excluding carboxylic acids is 1. The average molecular weight is 334 g/mol. The number of nitrogens with zero attached hydrogens (tertiary/aromatic N) is 2. The summed E-state index contributed by atoms with van der Waals surface area (Å²) in [6.45, 7) is 2.40. The van der Waals surface area contributed by atoms with Crippen LogP contribution in [0, 0.1) is 17.0 Å². The third-order valence-corrected chi connectivity index (χ3v) is 4.20. The lowest BCUT2D eigenvalue weighted by Crippen LogP contribution is -2.15. The Labute approximate surface area is 137 Å². The van der Waals surface area contributed by atoms with Crippen LogP contribution in [0.1, 0.15) is 22.7 Å². The summed E-state index contributed by atoms with van der Waals surface area (Å²) < 4.78 is 0. The van der Waals surface area contributed by atoms with Crippen LogP contribution in [0.2, 0.25) is 0 Å². The second kappa shape index (κ2) is 7.80. The van der Waals surface area contributed by atoms with Crippen molar-refractivity contribution in [3.63, 3.8) is 0 Å². The molecule has 122 valence electrons. The number of hydrogen-bond acceptors (Lipinski definition) is 6. The van der Waals surface area contributed by atoms with Gasteiger partial charge in [0.15, 0.2) is 0 Å². The smallest absolute Gasteiger partial charge is 0.271 e. The van der Waals surface area contributed by atoms with E-state index >= 15 is 0 Å². The van der Waals surface area contributed by atoms with Gasteiger partial charge < -0.3 is 11.1 Å². The first-order valence-corrected chi connectivity index (χ1v) is 8.06. The largest absolute Gasteiger partial charge is 0.330 e. The number of aryl methyl sites for hydroxylation is 2. The van der Waals surface area contributed by atoms with E-state index in [-0.39, 0.29) is 18.0 Å². The number of hydrogen-bond donors (Lipinski definition) is 2. The predicted molar refractivity (Wildman–Crippen MR) is 89.7 cm³/mol. The number of rotatable bonds is 7. The maximum atomic E-state index is 12.1. The summed E-state index contributed by atoms with van der Waals surface area (Å²) in [5.41, 5.74) is 7.32. The van der Waals surface area contributed by atoms with Gasteiger partial charge in [-0.15, -0.1) is 11.3 Å². The van der Waals surface area contributed by atoms with Crippen LogP contribution in [0.5, 0.6) is 0 Å². The quantitative estimate of drug-likeness (QED) is 0.596. The Bertz CT molecular complexity index is 714. The number of thiazole rings is 1. The minimum atomic E-state index is -0.487. The number of nitrogens with two attached hydrogens (primary N) is 1. The summed E-state index contributed by atoms with van der Waals surface area (Å²) in [7, 11) is 0. The zero-order valence-electron chi connectivity index (χ0n) is 12.7. The van der Waals surface area contributed by atoms with Gasteiger partial charge in [-0.05, 0) is 25.5 Å². The first-order valence-electron chi connectivity index (χ1n) is 7.18. The molecule has 0 bridgehead atoms. The van der Waals surface area contributed by atoms with Crippen molar-refractivity contribution in [1.82, 2.24) is 4.98 Å².